The highest BCUT2D eigenvalue weighted by Gasteiger charge is 2.19. The normalized spacial score (nSPS) is 10.3. The van der Waals surface area contributed by atoms with E-state index in [1.54, 1.807) is 17.1 Å². The van der Waals surface area contributed by atoms with Gasteiger partial charge in [0.05, 0.1) is 19.9 Å². The van der Waals surface area contributed by atoms with Gasteiger partial charge in [-0.3, -0.25) is 4.68 Å². The van der Waals surface area contributed by atoms with Crippen molar-refractivity contribution in [1.82, 2.24) is 19.4 Å². The first-order chi connectivity index (χ1) is 8.72. The molecule has 0 aliphatic carbocycles. The Morgan fingerprint density at radius 1 is 1.67 bits per heavy atom. The van der Waals surface area contributed by atoms with Crippen molar-refractivity contribution in [2.24, 2.45) is 0 Å². The van der Waals surface area contributed by atoms with Crippen LogP contribution in [0.2, 0.25) is 0 Å². The van der Waals surface area contributed by atoms with Crippen molar-refractivity contribution in [1.29, 1.82) is 0 Å². The first-order valence-corrected chi connectivity index (χ1v) is 5.91. The van der Waals surface area contributed by atoms with Crippen molar-refractivity contribution in [3.8, 4) is 0 Å². The van der Waals surface area contributed by atoms with E-state index in [0.29, 0.717) is 18.1 Å². The molecule has 3 N–H and O–H groups in total. The highest BCUT2D eigenvalue weighted by molar-refractivity contribution is 7.11. The third kappa shape index (κ3) is 2.56. The number of methoxy groups -OCH3 is 1. The Balaban J connectivity index is 1.99. The molecule has 0 saturated carbocycles. The van der Waals surface area contributed by atoms with Crippen molar-refractivity contribution in [3.05, 3.63) is 18.0 Å². The standard InChI is InChI=1S/C9H12N6O2S/c1-17-9(16)6-7(10)13-18-8(6)11-2-4-15-5-3-12-14-15/h3,5,11H,2,4H2,1H3,(H2,10,13). The number of hydrogen-bond acceptors (Lipinski definition) is 8. The molecule has 0 aromatic carbocycles. The number of nitrogens with two attached hydrogens (primary N) is 1. The number of aromatic nitrogens is 4. The van der Waals surface area contributed by atoms with E-state index in [1.165, 1.54) is 7.11 Å². The van der Waals surface area contributed by atoms with Gasteiger partial charge in [0.2, 0.25) is 0 Å². The molecule has 0 amide bonds. The van der Waals surface area contributed by atoms with Crippen LogP contribution in [-0.2, 0) is 11.3 Å². The second kappa shape index (κ2) is 5.45. The molecule has 0 aliphatic heterocycles. The molecule has 2 rings (SSSR count). The predicted octanol–water partition coefficient (Wildman–Crippen LogP) is 0.215. The monoisotopic (exact) mass is 268 g/mol. The molecule has 2 heterocycles. The molecule has 18 heavy (non-hydrogen) atoms. The molecule has 2 aromatic heterocycles. The first kappa shape index (κ1) is 12.3. The van der Waals surface area contributed by atoms with Crippen molar-refractivity contribution < 1.29 is 9.53 Å². The van der Waals surface area contributed by atoms with Gasteiger partial charge >= 0.3 is 5.97 Å². The Bertz CT molecular complexity index is 523. The quantitative estimate of drug-likeness (QED) is 0.746. The maximum atomic E-state index is 11.5. The number of anilines is 2. The average Bonchev–Trinajstić information content (AvgIpc) is 2.99. The van der Waals surface area contributed by atoms with E-state index in [-0.39, 0.29) is 11.4 Å². The molecule has 0 fully saturated rings. The van der Waals surface area contributed by atoms with Crippen LogP contribution in [0.4, 0.5) is 10.8 Å². The molecular weight excluding hydrogens is 256 g/mol. The molecule has 8 nitrogen and oxygen atoms in total. The van der Waals surface area contributed by atoms with Crippen molar-refractivity contribution >= 4 is 28.3 Å². The van der Waals surface area contributed by atoms with Gasteiger partial charge in [-0.2, -0.15) is 4.37 Å². The van der Waals surface area contributed by atoms with Crippen LogP contribution < -0.4 is 11.1 Å². The Labute approximate surface area is 107 Å². The Morgan fingerprint density at radius 3 is 3.17 bits per heavy atom. The van der Waals surface area contributed by atoms with Crippen LogP contribution in [0.3, 0.4) is 0 Å². The third-order valence-corrected chi connectivity index (χ3v) is 3.03. The highest BCUT2D eigenvalue weighted by atomic mass is 32.1. The lowest BCUT2D eigenvalue weighted by Gasteiger charge is -2.05. The van der Waals surface area contributed by atoms with E-state index in [1.807, 2.05) is 0 Å². The van der Waals surface area contributed by atoms with Crippen molar-refractivity contribution in [3.63, 3.8) is 0 Å². The van der Waals surface area contributed by atoms with Crippen LogP contribution in [0, 0.1) is 0 Å². The summed E-state index contributed by atoms with van der Waals surface area (Å²) < 4.78 is 10.2. The molecule has 96 valence electrons. The summed E-state index contributed by atoms with van der Waals surface area (Å²) in [5.74, 6) is -0.320. The molecule has 0 radical (unpaired) electrons. The second-order valence-corrected chi connectivity index (χ2v) is 4.13. The summed E-state index contributed by atoms with van der Waals surface area (Å²) in [6, 6.07) is 0. The Kier molecular flexibility index (Phi) is 3.72. The summed E-state index contributed by atoms with van der Waals surface area (Å²) in [5, 5.41) is 11.2. The third-order valence-electron chi connectivity index (χ3n) is 2.21. The average molecular weight is 268 g/mol. The number of carbonyl (C=O) groups is 1. The minimum atomic E-state index is -0.496. The van der Waals surface area contributed by atoms with Gasteiger partial charge in [-0.1, -0.05) is 5.21 Å². The summed E-state index contributed by atoms with van der Waals surface area (Å²) in [6.07, 6.45) is 3.36. The zero-order valence-corrected chi connectivity index (χ0v) is 10.5. The van der Waals surface area contributed by atoms with E-state index in [0.717, 1.165) is 11.5 Å². The smallest absolute Gasteiger partial charge is 0.344 e. The topological polar surface area (TPSA) is 108 Å². The minimum Gasteiger partial charge on any atom is -0.465 e. The second-order valence-electron chi connectivity index (χ2n) is 3.36. The van der Waals surface area contributed by atoms with Gasteiger partial charge < -0.3 is 15.8 Å². The molecule has 2 aromatic rings. The summed E-state index contributed by atoms with van der Waals surface area (Å²) in [6.45, 7) is 1.20. The summed E-state index contributed by atoms with van der Waals surface area (Å²) in [5.41, 5.74) is 5.89. The number of rotatable bonds is 5. The van der Waals surface area contributed by atoms with E-state index in [9.17, 15) is 4.79 Å². The number of nitrogens with one attached hydrogen (secondary N) is 1. The van der Waals surface area contributed by atoms with E-state index >= 15 is 0 Å². The maximum Gasteiger partial charge on any atom is 0.344 e. The predicted molar refractivity (Wildman–Crippen MR) is 66.4 cm³/mol. The van der Waals surface area contributed by atoms with Gasteiger partial charge in [0.25, 0.3) is 0 Å². The Hall–Kier alpha value is -2.16. The summed E-state index contributed by atoms with van der Waals surface area (Å²) >= 11 is 1.12. The molecule has 0 unspecified atom stereocenters. The number of hydrogen-bond donors (Lipinski definition) is 2. The molecule has 0 atom stereocenters. The van der Waals surface area contributed by atoms with Gasteiger partial charge in [-0.15, -0.1) is 5.10 Å². The zero-order chi connectivity index (χ0) is 13.0. The number of esters is 1. The molecule has 0 bridgehead atoms. The van der Waals surface area contributed by atoms with Crippen molar-refractivity contribution in [2.45, 2.75) is 6.54 Å². The summed E-state index contributed by atoms with van der Waals surface area (Å²) in [7, 11) is 1.30. The highest BCUT2D eigenvalue weighted by Crippen LogP contribution is 2.27. The lowest BCUT2D eigenvalue weighted by atomic mass is 10.3. The van der Waals surface area contributed by atoms with Gasteiger partial charge in [-0.05, 0) is 11.5 Å². The first-order valence-electron chi connectivity index (χ1n) is 5.13. The SMILES string of the molecule is COC(=O)c1c(N)nsc1NCCn1ccnn1. The van der Waals surface area contributed by atoms with Crippen molar-refractivity contribution in [2.75, 3.05) is 24.7 Å². The fourth-order valence-corrected chi connectivity index (χ4v) is 2.09. The van der Waals surface area contributed by atoms with E-state index in [4.69, 9.17) is 5.73 Å². The zero-order valence-electron chi connectivity index (χ0n) is 9.66. The largest absolute Gasteiger partial charge is 0.465 e. The lowest BCUT2D eigenvalue weighted by Crippen LogP contribution is -2.13. The lowest BCUT2D eigenvalue weighted by molar-refractivity contribution is 0.0603. The molecule has 0 saturated heterocycles. The molecule has 9 heteroatoms. The van der Waals surface area contributed by atoms with E-state index < -0.39 is 5.97 Å². The van der Waals surface area contributed by atoms with Crippen LogP contribution >= 0.6 is 11.5 Å². The van der Waals surface area contributed by atoms with Gasteiger partial charge in [0.15, 0.2) is 5.82 Å². The number of ether oxygens (including phenoxy) is 1. The number of nitrogen functional groups attached to an aromatic ring is 1. The molecule has 0 spiro atoms. The maximum absolute atomic E-state index is 11.5. The number of carbonyl (C=O) groups excluding carboxylic acids is 1. The van der Waals surface area contributed by atoms with Crippen LogP contribution in [0.1, 0.15) is 10.4 Å². The van der Waals surface area contributed by atoms with Crippen LogP contribution in [0.25, 0.3) is 0 Å². The number of nitrogens with zero attached hydrogens (tertiary/aromatic N) is 4. The van der Waals surface area contributed by atoms with Gasteiger partial charge in [0, 0.05) is 12.7 Å². The fraction of sp³-hybridized carbons (Fsp3) is 0.333. The van der Waals surface area contributed by atoms with Crippen LogP contribution in [0.5, 0.6) is 0 Å². The molecular formula is C9H12N6O2S. The summed E-state index contributed by atoms with van der Waals surface area (Å²) in [4.78, 5) is 11.5. The van der Waals surface area contributed by atoms with Crippen LogP contribution in [-0.4, -0.2) is 39.0 Å². The van der Waals surface area contributed by atoms with Crippen LogP contribution in [0.15, 0.2) is 12.4 Å². The van der Waals surface area contributed by atoms with E-state index in [2.05, 4.69) is 24.7 Å². The van der Waals surface area contributed by atoms with Gasteiger partial charge in [-0.25, -0.2) is 4.79 Å². The fourth-order valence-electron chi connectivity index (χ4n) is 1.36. The minimum absolute atomic E-state index is 0.176. The Morgan fingerprint density at radius 2 is 2.50 bits per heavy atom. The molecule has 0 aliphatic rings. The van der Waals surface area contributed by atoms with Gasteiger partial charge in [0.1, 0.15) is 10.6 Å².